The Hall–Kier alpha value is -3.14. The number of anilines is 2. The summed E-state index contributed by atoms with van der Waals surface area (Å²) >= 11 is 10.2. The summed E-state index contributed by atoms with van der Waals surface area (Å²) in [6.45, 7) is 3.68. The molecule has 0 saturated carbocycles. The molecule has 36 heavy (non-hydrogen) atoms. The van der Waals surface area contributed by atoms with E-state index in [0.717, 1.165) is 28.1 Å². The number of hydrogen-bond donors (Lipinski definition) is 1. The van der Waals surface area contributed by atoms with Crippen molar-refractivity contribution in [3.05, 3.63) is 86.7 Å². The van der Waals surface area contributed by atoms with Crippen LogP contribution in [0.4, 0.5) is 11.4 Å². The van der Waals surface area contributed by atoms with Crippen molar-refractivity contribution < 1.29 is 19.1 Å². The van der Waals surface area contributed by atoms with Crippen molar-refractivity contribution in [1.29, 1.82) is 0 Å². The Balaban J connectivity index is 1.51. The molecule has 2 amide bonds. The van der Waals surface area contributed by atoms with Gasteiger partial charge in [0.25, 0.3) is 11.8 Å². The van der Waals surface area contributed by atoms with E-state index in [0.29, 0.717) is 25.2 Å². The lowest BCUT2D eigenvalue weighted by molar-refractivity contribution is -0.118. The number of aryl methyl sites for hydroxylation is 2. The zero-order valence-corrected chi connectivity index (χ0v) is 23.1. The number of nitrogens with one attached hydrogen (secondary N) is 1. The van der Waals surface area contributed by atoms with E-state index in [-0.39, 0.29) is 18.4 Å². The molecule has 1 N–H and O–H groups in total. The predicted octanol–water partition coefficient (Wildman–Crippen LogP) is 6.50. The van der Waals surface area contributed by atoms with Crippen molar-refractivity contribution >= 4 is 73.5 Å². The lowest BCUT2D eigenvalue weighted by Gasteiger charge is -2.15. The van der Waals surface area contributed by atoms with E-state index in [2.05, 4.69) is 21.2 Å². The number of halogens is 1. The first-order valence-corrected chi connectivity index (χ1v) is 13.0. The van der Waals surface area contributed by atoms with E-state index in [9.17, 15) is 9.59 Å². The molecule has 3 aromatic rings. The van der Waals surface area contributed by atoms with Crippen LogP contribution in [0.25, 0.3) is 6.08 Å². The van der Waals surface area contributed by atoms with Crippen molar-refractivity contribution in [2.75, 3.05) is 23.9 Å². The quantitative estimate of drug-likeness (QED) is 0.253. The maximum atomic E-state index is 13.0. The van der Waals surface area contributed by atoms with E-state index in [1.54, 1.807) is 18.2 Å². The first-order chi connectivity index (χ1) is 17.3. The summed E-state index contributed by atoms with van der Waals surface area (Å²) in [4.78, 5) is 27.6. The summed E-state index contributed by atoms with van der Waals surface area (Å²) < 4.78 is 12.4. The molecule has 0 atom stereocenters. The topological polar surface area (TPSA) is 67.9 Å². The Morgan fingerprint density at radius 1 is 1.11 bits per heavy atom. The molecular formula is C27H23BrN2O4S2. The smallest absolute Gasteiger partial charge is 0.270 e. The summed E-state index contributed by atoms with van der Waals surface area (Å²) in [7, 11) is 1.52. The molecule has 1 aliphatic heterocycles. The normalized spacial score (nSPS) is 14.3. The van der Waals surface area contributed by atoms with Crippen LogP contribution in [0.15, 0.2) is 70.0 Å². The van der Waals surface area contributed by atoms with Crippen molar-refractivity contribution in [3.8, 4) is 11.5 Å². The van der Waals surface area contributed by atoms with Gasteiger partial charge in [-0.1, -0.05) is 60.4 Å². The van der Waals surface area contributed by atoms with Crippen LogP contribution in [0.1, 0.15) is 16.7 Å². The highest BCUT2D eigenvalue weighted by atomic mass is 79.9. The Morgan fingerprint density at radius 2 is 1.81 bits per heavy atom. The highest BCUT2D eigenvalue weighted by molar-refractivity contribution is 9.10. The predicted molar refractivity (Wildman–Crippen MR) is 153 cm³/mol. The number of rotatable bonds is 7. The molecular weight excluding hydrogens is 560 g/mol. The van der Waals surface area contributed by atoms with Crippen LogP contribution in [-0.2, 0) is 9.59 Å². The number of para-hydroxylation sites is 2. The molecule has 9 heteroatoms. The van der Waals surface area contributed by atoms with Gasteiger partial charge >= 0.3 is 0 Å². The average Bonchev–Trinajstić information content (AvgIpc) is 3.13. The Morgan fingerprint density at radius 3 is 2.47 bits per heavy atom. The molecule has 1 fully saturated rings. The van der Waals surface area contributed by atoms with Gasteiger partial charge in [-0.2, -0.15) is 0 Å². The molecule has 0 bridgehead atoms. The van der Waals surface area contributed by atoms with Gasteiger partial charge in [0.05, 0.1) is 22.2 Å². The third-order valence-electron chi connectivity index (χ3n) is 5.45. The van der Waals surface area contributed by atoms with Crippen molar-refractivity contribution in [2.24, 2.45) is 0 Å². The fourth-order valence-corrected chi connectivity index (χ4v) is 5.58. The molecule has 1 heterocycles. The van der Waals surface area contributed by atoms with E-state index in [1.165, 1.54) is 23.8 Å². The molecule has 1 aliphatic rings. The van der Waals surface area contributed by atoms with Crippen LogP contribution in [0.3, 0.4) is 0 Å². The molecule has 184 valence electrons. The van der Waals surface area contributed by atoms with Gasteiger partial charge in [-0.3, -0.25) is 14.5 Å². The maximum Gasteiger partial charge on any atom is 0.270 e. The SMILES string of the molecule is COc1cc(/C=C2\SC(=S)N(c3ccccc3)C2=O)cc(Br)c1OCC(=O)Nc1c(C)cccc1C. The highest BCUT2D eigenvalue weighted by Crippen LogP contribution is 2.40. The van der Waals surface area contributed by atoms with Crippen molar-refractivity contribution in [3.63, 3.8) is 0 Å². The number of carbonyl (C=O) groups is 2. The first-order valence-electron chi connectivity index (χ1n) is 11.0. The average molecular weight is 584 g/mol. The van der Waals surface area contributed by atoms with Crippen LogP contribution >= 0.6 is 39.9 Å². The summed E-state index contributed by atoms with van der Waals surface area (Å²) in [5.74, 6) is 0.349. The van der Waals surface area contributed by atoms with Crippen molar-refractivity contribution in [2.45, 2.75) is 13.8 Å². The first kappa shape index (κ1) is 25.9. The summed E-state index contributed by atoms with van der Waals surface area (Å²) in [5.41, 5.74) is 4.18. The molecule has 0 aliphatic carbocycles. The number of benzene rings is 3. The maximum absolute atomic E-state index is 13.0. The second-order valence-corrected chi connectivity index (χ2v) is 10.5. The van der Waals surface area contributed by atoms with Gasteiger partial charge in [0.15, 0.2) is 22.4 Å². The van der Waals surface area contributed by atoms with E-state index in [1.807, 2.05) is 62.4 Å². The Labute approximate surface area is 227 Å². The van der Waals surface area contributed by atoms with Crippen LogP contribution in [0.2, 0.25) is 0 Å². The second-order valence-electron chi connectivity index (χ2n) is 7.99. The number of methoxy groups -OCH3 is 1. The van der Waals surface area contributed by atoms with Gasteiger partial charge in [0.2, 0.25) is 0 Å². The highest BCUT2D eigenvalue weighted by Gasteiger charge is 2.33. The number of amides is 2. The molecule has 0 spiro atoms. The number of thiocarbonyl (C=S) groups is 1. The van der Waals surface area contributed by atoms with Crippen LogP contribution in [0.5, 0.6) is 11.5 Å². The zero-order valence-electron chi connectivity index (χ0n) is 19.8. The number of ether oxygens (including phenoxy) is 2. The van der Waals surface area contributed by atoms with Gasteiger partial charge in [-0.25, -0.2) is 0 Å². The molecule has 0 aromatic heterocycles. The lowest BCUT2D eigenvalue weighted by Crippen LogP contribution is -2.27. The lowest BCUT2D eigenvalue weighted by atomic mass is 10.1. The molecule has 1 saturated heterocycles. The minimum absolute atomic E-state index is 0.185. The molecule has 0 radical (unpaired) electrons. The number of carbonyl (C=O) groups excluding carboxylic acids is 2. The van der Waals surface area contributed by atoms with Gasteiger partial charge in [-0.15, -0.1) is 0 Å². The second kappa shape index (κ2) is 11.3. The number of hydrogen-bond acceptors (Lipinski definition) is 6. The van der Waals surface area contributed by atoms with Crippen LogP contribution in [0, 0.1) is 13.8 Å². The van der Waals surface area contributed by atoms with Gasteiger partial charge in [-0.05, 0) is 76.8 Å². The van der Waals surface area contributed by atoms with Gasteiger partial charge in [0, 0.05) is 5.69 Å². The third kappa shape index (κ3) is 5.64. The minimum Gasteiger partial charge on any atom is -0.493 e. The molecule has 0 unspecified atom stereocenters. The zero-order chi connectivity index (χ0) is 25.8. The largest absolute Gasteiger partial charge is 0.493 e. The monoisotopic (exact) mass is 582 g/mol. The minimum atomic E-state index is -0.282. The Kier molecular flexibility index (Phi) is 8.13. The molecule has 3 aromatic carbocycles. The molecule has 4 rings (SSSR count). The fourth-order valence-electron chi connectivity index (χ4n) is 3.71. The summed E-state index contributed by atoms with van der Waals surface area (Å²) in [5, 5.41) is 2.91. The standard InChI is InChI=1S/C27H23BrN2O4S2/c1-16-8-7-9-17(2)24(16)29-23(31)15-34-25-20(28)12-18(13-21(25)33-3)14-22-26(32)30(27(35)36-22)19-10-5-4-6-11-19/h4-14H,15H2,1-3H3,(H,29,31)/b22-14-. The van der Waals surface area contributed by atoms with E-state index >= 15 is 0 Å². The third-order valence-corrected chi connectivity index (χ3v) is 7.34. The van der Waals surface area contributed by atoms with E-state index < -0.39 is 0 Å². The fraction of sp³-hybridized carbons (Fsp3) is 0.148. The number of thioether (sulfide) groups is 1. The van der Waals surface area contributed by atoms with Gasteiger partial charge in [0.1, 0.15) is 0 Å². The Bertz CT molecular complexity index is 1360. The van der Waals surface area contributed by atoms with Gasteiger partial charge < -0.3 is 14.8 Å². The van der Waals surface area contributed by atoms with Crippen molar-refractivity contribution in [1.82, 2.24) is 0 Å². The molecule has 6 nitrogen and oxygen atoms in total. The van der Waals surface area contributed by atoms with Crippen LogP contribution in [-0.4, -0.2) is 29.9 Å². The number of nitrogens with zero attached hydrogens (tertiary/aromatic N) is 1. The van der Waals surface area contributed by atoms with E-state index in [4.69, 9.17) is 21.7 Å². The summed E-state index contributed by atoms with van der Waals surface area (Å²) in [6, 6.07) is 18.7. The van der Waals surface area contributed by atoms with Crippen LogP contribution < -0.4 is 19.7 Å². The summed E-state index contributed by atoms with van der Waals surface area (Å²) in [6.07, 6.45) is 1.76.